The Morgan fingerprint density at radius 2 is 1.90 bits per heavy atom. The Balaban J connectivity index is 2.00. The summed E-state index contributed by atoms with van der Waals surface area (Å²) in [6.07, 6.45) is 2.34. The summed E-state index contributed by atoms with van der Waals surface area (Å²) in [4.78, 5) is 0. The molecule has 0 spiro atoms. The fourth-order valence-corrected chi connectivity index (χ4v) is 3.21. The zero-order valence-electron chi connectivity index (χ0n) is 12.0. The van der Waals surface area contributed by atoms with Gasteiger partial charge in [0, 0.05) is 6.42 Å². The van der Waals surface area contributed by atoms with Crippen molar-refractivity contribution in [2.75, 3.05) is 7.11 Å². The molecule has 0 fully saturated rings. The molecule has 104 valence electrons. The molecule has 1 atom stereocenters. The fraction of sp³-hybridized carbons (Fsp3) is 0.333. The molecule has 3 rings (SSSR count). The van der Waals surface area contributed by atoms with Gasteiger partial charge in [0.25, 0.3) is 0 Å². The zero-order chi connectivity index (χ0) is 14.2. The number of benzene rings is 2. The van der Waals surface area contributed by atoms with Crippen LogP contribution in [0.15, 0.2) is 42.5 Å². The molecule has 1 aliphatic rings. The van der Waals surface area contributed by atoms with Crippen LogP contribution in [0.2, 0.25) is 0 Å². The van der Waals surface area contributed by atoms with E-state index in [1.54, 1.807) is 7.11 Å². The minimum atomic E-state index is -0.759. The second kappa shape index (κ2) is 4.95. The van der Waals surface area contributed by atoms with Gasteiger partial charge in [0.05, 0.1) is 12.7 Å². The summed E-state index contributed by atoms with van der Waals surface area (Å²) < 4.78 is 5.30. The van der Waals surface area contributed by atoms with Crippen molar-refractivity contribution in [3.8, 4) is 5.75 Å². The molecule has 2 aromatic carbocycles. The lowest BCUT2D eigenvalue weighted by Crippen LogP contribution is -2.33. The van der Waals surface area contributed by atoms with Crippen LogP contribution >= 0.6 is 0 Å². The molecule has 0 aliphatic heterocycles. The second-order valence-electron chi connectivity index (χ2n) is 5.66. The molecule has 2 nitrogen and oxygen atoms in total. The molecule has 1 N–H and O–H groups in total. The van der Waals surface area contributed by atoms with E-state index in [0.29, 0.717) is 6.42 Å². The third kappa shape index (κ3) is 2.20. The summed E-state index contributed by atoms with van der Waals surface area (Å²) in [5, 5.41) is 11.1. The Hall–Kier alpha value is -1.80. The van der Waals surface area contributed by atoms with Crippen LogP contribution in [0.5, 0.6) is 5.75 Å². The molecule has 0 aromatic heterocycles. The highest BCUT2D eigenvalue weighted by atomic mass is 16.5. The average Bonchev–Trinajstić information content (AvgIpc) is 2.46. The van der Waals surface area contributed by atoms with Crippen molar-refractivity contribution in [1.82, 2.24) is 0 Å². The van der Waals surface area contributed by atoms with Gasteiger partial charge < -0.3 is 9.84 Å². The maximum atomic E-state index is 11.1. The van der Waals surface area contributed by atoms with E-state index < -0.39 is 5.60 Å². The van der Waals surface area contributed by atoms with Gasteiger partial charge in [0.2, 0.25) is 0 Å². The standard InChI is InChI=1S/C18H20O2/c1-13-5-3-4-6-17(13)18(19)10-9-14-7-8-16(20-2)11-15(14)12-18/h3-8,11,19H,9-10,12H2,1-2H3. The summed E-state index contributed by atoms with van der Waals surface area (Å²) >= 11 is 0. The zero-order valence-corrected chi connectivity index (χ0v) is 12.0. The van der Waals surface area contributed by atoms with Gasteiger partial charge in [0.1, 0.15) is 5.75 Å². The molecule has 1 unspecified atom stereocenters. The third-order valence-corrected chi connectivity index (χ3v) is 4.35. The van der Waals surface area contributed by atoms with Gasteiger partial charge in [0.15, 0.2) is 0 Å². The molecular formula is C18H20O2. The molecule has 0 amide bonds. The molecule has 1 aliphatic carbocycles. The van der Waals surface area contributed by atoms with Gasteiger partial charge in [-0.3, -0.25) is 0 Å². The summed E-state index contributed by atoms with van der Waals surface area (Å²) in [6, 6.07) is 14.3. The smallest absolute Gasteiger partial charge is 0.119 e. The fourth-order valence-electron chi connectivity index (χ4n) is 3.21. The van der Waals surface area contributed by atoms with Crippen LogP contribution in [-0.4, -0.2) is 12.2 Å². The number of hydrogen-bond acceptors (Lipinski definition) is 2. The van der Waals surface area contributed by atoms with Crippen molar-refractivity contribution in [3.63, 3.8) is 0 Å². The predicted molar refractivity (Wildman–Crippen MR) is 80.1 cm³/mol. The first-order valence-corrected chi connectivity index (χ1v) is 7.07. The first-order valence-electron chi connectivity index (χ1n) is 7.07. The van der Waals surface area contributed by atoms with E-state index in [-0.39, 0.29) is 0 Å². The molecule has 2 heteroatoms. The number of aliphatic hydroxyl groups is 1. The molecule has 2 aromatic rings. The van der Waals surface area contributed by atoms with Crippen molar-refractivity contribution in [1.29, 1.82) is 0 Å². The molecule has 0 heterocycles. The first-order chi connectivity index (χ1) is 9.62. The van der Waals surface area contributed by atoms with Crippen LogP contribution < -0.4 is 4.74 Å². The average molecular weight is 268 g/mol. The highest BCUT2D eigenvalue weighted by Gasteiger charge is 2.34. The van der Waals surface area contributed by atoms with Crippen molar-refractivity contribution in [2.24, 2.45) is 0 Å². The second-order valence-corrected chi connectivity index (χ2v) is 5.66. The number of methoxy groups -OCH3 is 1. The number of fused-ring (bicyclic) bond motifs is 1. The Morgan fingerprint density at radius 3 is 2.65 bits per heavy atom. The SMILES string of the molecule is COc1ccc2c(c1)CC(O)(c1ccccc1C)CC2. The highest BCUT2D eigenvalue weighted by molar-refractivity contribution is 5.42. The number of aryl methyl sites for hydroxylation is 2. The van der Waals surface area contributed by atoms with Crippen molar-refractivity contribution in [3.05, 3.63) is 64.7 Å². The number of rotatable bonds is 2. The van der Waals surface area contributed by atoms with Crippen LogP contribution in [0, 0.1) is 6.92 Å². The molecule has 0 radical (unpaired) electrons. The van der Waals surface area contributed by atoms with Crippen LogP contribution in [0.25, 0.3) is 0 Å². The molecular weight excluding hydrogens is 248 g/mol. The van der Waals surface area contributed by atoms with E-state index in [4.69, 9.17) is 4.74 Å². The summed E-state index contributed by atoms with van der Waals surface area (Å²) in [5.74, 6) is 0.859. The maximum absolute atomic E-state index is 11.1. The van der Waals surface area contributed by atoms with Gasteiger partial charge in [-0.2, -0.15) is 0 Å². The largest absolute Gasteiger partial charge is 0.497 e. The van der Waals surface area contributed by atoms with Gasteiger partial charge in [-0.15, -0.1) is 0 Å². The van der Waals surface area contributed by atoms with Crippen LogP contribution in [0.1, 0.15) is 28.7 Å². The Bertz CT molecular complexity index is 633. The third-order valence-electron chi connectivity index (χ3n) is 4.35. The molecule has 20 heavy (non-hydrogen) atoms. The minimum absolute atomic E-state index is 0.657. The minimum Gasteiger partial charge on any atom is -0.497 e. The van der Waals surface area contributed by atoms with Gasteiger partial charge in [-0.25, -0.2) is 0 Å². The van der Waals surface area contributed by atoms with Crippen molar-refractivity contribution >= 4 is 0 Å². The molecule has 0 bridgehead atoms. The van der Waals surface area contributed by atoms with Crippen LogP contribution in [0.4, 0.5) is 0 Å². The molecule has 0 saturated carbocycles. The van der Waals surface area contributed by atoms with Crippen molar-refractivity contribution < 1.29 is 9.84 Å². The Kier molecular flexibility index (Phi) is 3.27. The van der Waals surface area contributed by atoms with E-state index in [0.717, 1.165) is 29.7 Å². The lowest BCUT2D eigenvalue weighted by Gasteiger charge is -2.35. The van der Waals surface area contributed by atoms with Gasteiger partial charge in [-0.1, -0.05) is 30.3 Å². The van der Waals surface area contributed by atoms with Crippen LogP contribution in [-0.2, 0) is 18.4 Å². The lowest BCUT2D eigenvalue weighted by molar-refractivity contribution is 0.0216. The maximum Gasteiger partial charge on any atom is 0.119 e. The first kappa shape index (κ1) is 13.2. The normalized spacial score (nSPS) is 21.4. The predicted octanol–water partition coefficient (Wildman–Crippen LogP) is 3.38. The van der Waals surface area contributed by atoms with Gasteiger partial charge >= 0.3 is 0 Å². The number of hydrogen-bond donors (Lipinski definition) is 1. The van der Waals surface area contributed by atoms with Gasteiger partial charge in [-0.05, 0) is 54.2 Å². The van der Waals surface area contributed by atoms with E-state index >= 15 is 0 Å². The van der Waals surface area contributed by atoms with E-state index in [1.165, 1.54) is 11.1 Å². The topological polar surface area (TPSA) is 29.5 Å². The lowest BCUT2D eigenvalue weighted by atomic mass is 9.75. The molecule has 0 saturated heterocycles. The summed E-state index contributed by atoms with van der Waals surface area (Å²) in [6.45, 7) is 2.06. The summed E-state index contributed by atoms with van der Waals surface area (Å²) in [5.41, 5.74) is 3.96. The number of ether oxygens (including phenoxy) is 1. The quantitative estimate of drug-likeness (QED) is 0.904. The Labute approximate surface area is 120 Å². The van der Waals surface area contributed by atoms with E-state index in [9.17, 15) is 5.11 Å². The monoisotopic (exact) mass is 268 g/mol. The van der Waals surface area contributed by atoms with Crippen molar-refractivity contribution in [2.45, 2.75) is 31.8 Å². The van der Waals surface area contributed by atoms with E-state index in [1.807, 2.05) is 24.3 Å². The summed E-state index contributed by atoms with van der Waals surface area (Å²) in [7, 11) is 1.68. The van der Waals surface area contributed by atoms with E-state index in [2.05, 4.69) is 25.1 Å². The highest BCUT2D eigenvalue weighted by Crippen LogP contribution is 2.38. The Morgan fingerprint density at radius 1 is 1.10 bits per heavy atom. The van der Waals surface area contributed by atoms with Crippen LogP contribution in [0.3, 0.4) is 0 Å².